The van der Waals surface area contributed by atoms with Crippen LogP contribution in [-0.4, -0.2) is 22.7 Å². The van der Waals surface area contributed by atoms with Crippen molar-refractivity contribution in [3.8, 4) is 11.8 Å². The lowest BCUT2D eigenvalue weighted by molar-refractivity contribution is 0.183. The highest BCUT2D eigenvalue weighted by Crippen LogP contribution is 2.31. The average molecular weight is 413 g/mol. The van der Waals surface area contributed by atoms with Crippen molar-refractivity contribution in [3.63, 3.8) is 0 Å². The zero-order chi connectivity index (χ0) is 22.1. The Morgan fingerprint density at radius 1 is 0.900 bits per heavy atom. The third-order valence-corrected chi connectivity index (χ3v) is 5.67. The fourth-order valence-electron chi connectivity index (χ4n) is 3.76. The molecule has 1 unspecified atom stereocenters. The quantitative estimate of drug-likeness (QED) is 0.379. The Morgan fingerprint density at radius 3 is 2.23 bits per heavy atom. The zero-order valence-corrected chi connectivity index (χ0v) is 19.9. The lowest BCUT2D eigenvalue weighted by Gasteiger charge is -2.28. The molecular formula is C26H40N2O2. The summed E-state index contributed by atoms with van der Waals surface area (Å²) >= 11 is 0. The first kappa shape index (κ1) is 24.2. The third-order valence-electron chi connectivity index (χ3n) is 5.67. The van der Waals surface area contributed by atoms with Crippen LogP contribution in [0.15, 0.2) is 36.4 Å². The van der Waals surface area contributed by atoms with E-state index >= 15 is 0 Å². The van der Waals surface area contributed by atoms with Crippen LogP contribution in [-0.2, 0) is 5.41 Å². The monoisotopic (exact) mass is 412 g/mol. The molecule has 0 aliphatic carbocycles. The van der Waals surface area contributed by atoms with Crippen LogP contribution in [0, 0.1) is 5.92 Å². The van der Waals surface area contributed by atoms with Gasteiger partial charge in [-0.15, -0.1) is 0 Å². The molecule has 2 aromatic heterocycles. The van der Waals surface area contributed by atoms with E-state index in [2.05, 4.69) is 71.6 Å². The summed E-state index contributed by atoms with van der Waals surface area (Å²) < 4.78 is 12.0. The maximum Gasteiger partial charge on any atom is 0.213 e. The Morgan fingerprint density at radius 2 is 1.57 bits per heavy atom. The summed E-state index contributed by atoms with van der Waals surface area (Å²) in [6.07, 6.45) is 4.25. The third kappa shape index (κ3) is 7.30. The number of ether oxygens (including phenoxy) is 2. The predicted molar refractivity (Wildman–Crippen MR) is 124 cm³/mol. The van der Waals surface area contributed by atoms with E-state index in [1.54, 1.807) is 0 Å². The van der Waals surface area contributed by atoms with Gasteiger partial charge in [0.1, 0.15) is 0 Å². The summed E-state index contributed by atoms with van der Waals surface area (Å²) in [6, 6.07) is 12.2. The lowest BCUT2D eigenvalue weighted by atomic mass is 9.79. The molecule has 0 aromatic carbocycles. The fraction of sp³-hybridized carbons (Fsp3) is 0.615. The zero-order valence-electron chi connectivity index (χ0n) is 19.9. The number of rotatable bonds is 12. The fourth-order valence-corrected chi connectivity index (χ4v) is 3.76. The van der Waals surface area contributed by atoms with Crippen LogP contribution in [0.4, 0.5) is 0 Å². The predicted octanol–water partition coefficient (Wildman–Crippen LogP) is 6.94. The summed E-state index contributed by atoms with van der Waals surface area (Å²) in [7, 11) is 0. The minimum atomic E-state index is -0.0253. The van der Waals surface area contributed by atoms with Gasteiger partial charge in [-0.1, -0.05) is 60.6 Å². The Labute approximate surface area is 183 Å². The molecule has 2 aromatic rings. The second kappa shape index (κ2) is 11.3. The topological polar surface area (TPSA) is 44.2 Å². The number of hydrogen-bond acceptors (Lipinski definition) is 4. The van der Waals surface area contributed by atoms with E-state index in [0.29, 0.717) is 18.4 Å². The van der Waals surface area contributed by atoms with Crippen molar-refractivity contribution < 1.29 is 9.47 Å². The van der Waals surface area contributed by atoms with Crippen molar-refractivity contribution in [2.45, 2.75) is 91.6 Å². The van der Waals surface area contributed by atoms with Gasteiger partial charge in [0.25, 0.3) is 0 Å². The Hall–Kier alpha value is -2.10. The van der Waals surface area contributed by atoms with E-state index in [4.69, 9.17) is 14.5 Å². The molecule has 0 aliphatic heterocycles. The summed E-state index contributed by atoms with van der Waals surface area (Å²) in [5.74, 6) is 2.38. The maximum absolute atomic E-state index is 6.06. The molecule has 0 N–H and O–H groups in total. The molecule has 1 atom stereocenters. The number of nitrogens with zero attached hydrogens (tertiary/aromatic N) is 2. The standard InChI is InChI=1S/C26H40N2O2/c1-8-21(9-2)30-25-15-11-13-23(28-25)26(6,7)18-20(5)16-17-29-24-14-10-12-22(27-24)19(3)4/h10-15,19-21H,8-9,16-18H2,1-7H3. The molecule has 30 heavy (non-hydrogen) atoms. The van der Waals surface area contributed by atoms with E-state index in [9.17, 15) is 0 Å². The molecule has 2 heterocycles. The molecule has 0 radical (unpaired) electrons. The van der Waals surface area contributed by atoms with Gasteiger partial charge in [0.15, 0.2) is 0 Å². The Kier molecular flexibility index (Phi) is 9.13. The summed E-state index contributed by atoms with van der Waals surface area (Å²) in [6.45, 7) is 16.1. The first-order valence-electron chi connectivity index (χ1n) is 11.5. The molecule has 0 bridgehead atoms. The van der Waals surface area contributed by atoms with Gasteiger partial charge in [-0.25, -0.2) is 9.97 Å². The smallest absolute Gasteiger partial charge is 0.213 e. The molecule has 0 fully saturated rings. The first-order valence-corrected chi connectivity index (χ1v) is 11.5. The molecule has 0 saturated carbocycles. The van der Waals surface area contributed by atoms with Gasteiger partial charge in [0.05, 0.1) is 18.4 Å². The maximum atomic E-state index is 6.06. The van der Waals surface area contributed by atoms with Crippen LogP contribution in [0.2, 0.25) is 0 Å². The normalized spacial score (nSPS) is 13.0. The summed E-state index contributed by atoms with van der Waals surface area (Å²) in [4.78, 5) is 9.42. The van der Waals surface area contributed by atoms with Gasteiger partial charge in [-0.3, -0.25) is 0 Å². The second-order valence-corrected chi connectivity index (χ2v) is 9.30. The van der Waals surface area contributed by atoms with Gasteiger partial charge < -0.3 is 9.47 Å². The van der Waals surface area contributed by atoms with Crippen LogP contribution >= 0.6 is 0 Å². The van der Waals surface area contributed by atoms with Crippen molar-refractivity contribution in [1.29, 1.82) is 0 Å². The van der Waals surface area contributed by atoms with Crippen LogP contribution in [0.25, 0.3) is 0 Å². The van der Waals surface area contributed by atoms with Gasteiger partial charge in [-0.05, 0) is 49.7 Å². The SMILES string of the molecule is CCC(CC)Oc1cccc(C(C)(C)CC(C)CCOc2cccc(C(C)C)n2)n1. The largest absolute Gasteiger partial charge is 0.478 e. The van der Waals surface area contributed by atoms with E-state index in [1.165, 1.54) is 0 Å². The molecule has 0 saturated heterocycles. The van der Waals surface area contributed by atoms with Crippen molar-refractivity contribution in [1.82, 2.24) is 9.97 Å². The number of hydrogen-bond donors (Lipinski definition) is 0. The molecule has 4 nitrogen and oxygen atoms in total. The van der Waals surface area contributed by atoms with Crippen LogP contribution in [0.3, 0.4) is 0 Å². The molecule has 2 rings (SSSR count). The van der Waals surface area contributed by atoms with Crippen LogP contribution in [0.5, 0.6) is 11.8 Å². The Balaban J connectivity index is 1.90. The summed E-state index contributed by atoms with van der Waals surface area (Å²) in [5.41, 5.74) is 2.14. The minimum absolute atomic E-state index is 0.0253. The van der Waals surface area contributed by atoms with E-state index in [-0.39, 0.29) is 11.5 Å². The molecule has 0 aliphatic rings. The van der Waals surface area contributed by atoms with E-state index in [1.807, 2.05) is 18.2 Å². The van der Waals surface area contributed by atoms with E-state index < -0.39 is 0 Å². The van der Waals surface area contributed by atoms with Crippen molar-refractivity contribution >= 4 is 0 Å². The molecule has 166 valence electrons. The highest BCUT2D eigenvalue weighted by atomic mass is 16.5. The number of pyridine rings is 2. The van der Waals surface area contributed by atoms with Crippen LogP contribution < -0.4 is 9.47 Å². The average Bonchev–Trinajstić information content (AvgIpc) is 2.72. The van der Waals surface area contributed by atoms with Crippen molar-refractivity contribution in [3.05, 3.63) is 47.8 Å². The van der Waals surface area contributed by atoms with Crippen molar-refractivity contribution in [2.24, 2.45) is 5.92 Å². The Bertz CT molecular complexity index is 769. The van der Waals surface area contributed by atoms with Gasteiger partial charge in [0, 0.05) is 23.2 Å². The second-order valence-electron chi connectivity index (χ2n) is 9.30. The van der Waals surface area contributed by atoms with Crippen molar-refractivity contribution in [2.75, 3.05) is 6.61 Å². The number of aromatic nitrogens is 2. The molecular weight excluding hydrogens is 372 g/mol. The first-order chi connectivity index (χ1) is 14.2. The molecule has 0 amide bonds. The molecule has 4 heteroatoms. The lowest BCUT2D eigenvalue weighted by Crippen LogP contribution is -2.24. The van der Waals surface area contributed by atoms with Gasteiger partial charge in [0.2, 0.25) is 11.8 Å². The summed E-state index contributed by atoms with van der Waals surface area (Å²) in [5, 5.41) is 0. The highest BCUT2D eigenvalue weighted by molar-refractivity contribution is 5.22. The minimum Gasteiger partial charge on any atom is -0.478 e. The highest BCUT2D eigenvalue weighted by Gasteiger charge is 2.25. The van der Waals surface area contributed by atoms with E-state index in [0.717, 1.165) is 48.8 Å². The van der Waals surface area contributed by atoms with Gasteiger partial charge >= 0.3 is 0 Å². The van der Waals surface area contributed by atoms with Gasteiger partial charge in [-0.2, -0.15) is 0 Å². The molecule has 0 spiro atoms. The van der Waals surface area contributed by atoms with Crippen LogP contribution in [0.1, 0.15) is 91.5 Å².